The lowest BCUT2D eigenvalue weighted by Gasteiger charge is -2.34. The average molecular weight is 264 g/mol. The van der Waals surface area contributed by atoms with Crippen molar-refractivity contribution < 1.29 is 0 Å². The molecule has 5 nitrogen and oxygen atoms in total. The van der Waals surface area contributed by atoms with Gasteiger partial charge in [0.05, 0.1) is 0 Å². The largest absolute Gasteiger partial charge is 0.355 e. The highest BCUT2D eigenvalue weighted by Crippen LogP contribution is 2.18. The van der Waals surface area contributed by atoms with Crippen LogP contribution in [0.15, 0.2) is 10.9 Å². The number of aromatic nitrogens is 2. The van der Waals surface area contributed by atoms with Gasteiger partial charge in [0, 0.05) is 31.1 Å². The van der Waals surface area contributed by atoms with Gasteiger partial charge in [0.25, 0.3) is 5.56 Å². The monoisotopic (exact) mass is 264 g/mol. The molecule has 2 heterocycles. The highest BCUT2D eigenvalue weighted by Gasteiger charge is 2.21. The third kappa shape index (κ3) is 3.56. The number of aromatic amines is 1. The summed E-state index contributed by atoms with van der Waals surface area (Å²) in [4.78, 5) is 21.4. The molecule has 1 aromatic heterocycles. The first-order chi connectivity index (χ1) is 9.10. The molecule has 5 heteroatoms. The van der Waals surface area contributed by atoms with Gasteiger partial charge in [-0.05, 0) is 19.4 Å². The molecule has 1 atom stereocenters. The predicted molar refractivity (Wildman–Crippen MR) is 77.9 cm³/mol. The van der Waals surface area contributed by atoms with E-state index in [0.29, 0.717) is 6.04 Å². The average Bonchev–Trinajstić information content (AvgIpc) is 2.38. The van der Waals surface area contributed by atoms with Gasteiger partial charge in [-0.15, -0.1) is 0 Å². The van der Waals surface area contributed by atoms with Crippen LogP contribution in [0.1, 0.15) is 45.4 Å². The molecule has 0 bridgehead atoms. The number of anilines is 1. The maximum absolute atomic E-state index is 11.7. The van der Waals surface area contributed by atoms with Crippen molar-refractivity contribution in [3.8, 4) is 0 Å². The van der Waals surface area contributed by atoms with E-state index in [1.54, 1.807) is 6.07 Å². The number of nitrogens with one attached hydrogen (secondary N) is 2. The van der Waals surface area contributed by atoms with Gasteiger partial charge >= 0.3 is 0 Å². The minimum atomic E-state index is -0.0562. The van der Waals surface area contributed by atoms with Crippen molar-refractivity contribution in [3.05, 3.63) is 22.2 Å². The van der Waals surface area contributed by atoms with E-state index >= 15 is 0 Å². The van der Waals surface area contributed by atoms with Gasteiger partial charge in [-0.3, -0.25) is 4.79 Å². The Labute approximate surface area is 114 Å². The van der Waals surface area contributed by atoms with Crippen molar-refractivity contribution in [1.82, 2.24) is 15.3 Å². The second kappa shape index (κ2) is 6.19. The Kier molecular flexibility index (Phi) is 4.58. The Morgan fingerprint density at radius 3 is 3.05 bits per heavy atom. The Morgan fingerprint density at radius 1 is 1.58 bits per heavy atom. The van der Waals surface area contributed by atoms with Crippen LogP contribution in [0.2, 0.25) is 0 Å². The Morgan fingerprint density at radius 2 is 2.37 bits per heavy atom. The second-order valence-electron chi connectivity index (χ2n) is 5.49. The Bertz CT molecular complexity index is 467. The van der Waals surface area contributed by atoms with Crippen LogP contribution in [0.4, 0.5) is 5.82 Å². The smallest absolute Gasteiger partial charge is 0.252 e. The molecular weight excluding hydrogens is 240 g/mol. The van der Waals surface area contributed by atoms with Crippen LogP contribution >= 0.6 is 0 Å². The lowest BCUT2D eigenvalue weighted by atomic mass is 10.1. The zero-order chi connectivity index (χ0) is 13.8. The molecule has 2 N–H and O–H groups in total. The van der Waals surface area contributed by atoms with Gasteiger partial charge < -0.3 is 15.2 Å². The van der Waals surface area contributed by atoms with Gasteiger partial charge in [-0.2, -0.15) is 0 Å². The topological polar surface area (TPSA) is 61.0 Å². The molecular formula is C14H24N4O. The van der Waals surface area contributed by atoms with E-state index in [1.165, 1.54) is 6.42 Å². The van der Waals surface area contributed by atoms with E-state index < -0.39 is 0 Å². The lowest BCUT2D eigenvalue weighted by Crippen LogP contribution is -2.46. The molecule has 0 radical (unpaired) electrons. The third-order valence-electron chi connectivity index (χ3n) is 3.53. The Balaban J connectivity index is 2.18. The number of likely N-dealkylation sites (N-methyl/N-ethyl adjacent to an activating group) is 1. The van der Waals surface area contributed by atoms with Crippen molar-refractivity contribution in [3.63, 3.8) is 0 Å². The molecule has 1 aliphatic rings. The zero-order valence-electron chi connectivity index (χ0n) is 12.1. The molecule has 2 rings (SSSR count). The Hall–Kier alpha value is -1.36. The number of piperidine rings is 1. The second-order valence-corrected chi connectivity index (χ2v) is 5.49. The maximum Gasteiger partial charge on any atom is 0.252 e. The van der Waals surface area contributed by atoms with Gasteiger partial charge in [0.2, 0.25) is 0 Å². The summed E-state index contributed by atoms with van der Waals surface area (Å²) in [6.07, 6.45) is 2.34. The fourth-order valence-corrected chi connectivity index (χ4v) is 2.54. The molecule has 0 spiro atoms. The van der Waals surface area contributed by atoms with E-state index in [-0.39, 0.29) is 11.5 Å². The van der Waals surface area contributed by atoms with E-state index in [4.69, 9.17) is 0 Å². The summed E-state index contributed by atoms with van der Waals surface area (Å²) in [5.41, 5.74) is -0.0562. The van der Waals surface area contributed by atoms with Gasteiger partial charge in [0.15, 0.2) is 0 Å². The molecule has 0 saturated carbocycles. The quantitative estimate of drug-likeness (QED) is 0.864. The van der Waals surface area contributed by atoms with E-state index in [9.17, 15) is 4.79 Å². The fourth-order valence-electron chi connectivity index (χ4n) is 2.54. The van der Waals surface area contributed by atoms with Crippen LogP contribution in [0.3, 0.4) is 0 Å². The number of hydrogen-bond acceptors (Lipinski definition) is 4. The van der Waals surface area contributed by atoms with Crippen molar-refractivity contribution in [2.24, 2.45) is 0 Å². The molecule has 0 aromatic carbocycles. The lowest BCUT2D eigenvalue weighted by molar-refractivity contribution is 0.429. The molecule has 0 amide bonds. The molecule has 1 aromatic rings. The van der Waals surface area contributed by atoms with Crippen LogP contribution in [0.25, 0.3) is 0 Å². The van der Waals surface area contributed by atoms with E-state index in [2.05, 4.69) is 27.1 Å². The summed E-state index contributed by atoms with van der Waals surface area (Å²) < 4.78 is 0. The molecule has 0 aliphatic carbocycles. The summed E-state index contributed by atoms with van der Waals surface area (Å²) >= 11 is 0. The highest BCUT2D eigenvalue weighted by atomic mass is 16.1. The highest BCUT2D eigenvalue weighted by molar-refractivity contribution is 5.38. The van der Waals surface area contributed by atoms with Crippen LogP contribution in [0.5, 0.6) is 0 Å². The van der Waals surface area contributed by atoms with Gasteiger partial charge in [0.1, 0.15) is 11.6 Å². The molecule has 1 unspecified atom stereocenters. The normalized spacial score (nSPS) is 20.0. The first-order valence-corrected chi connectivity index (χ1v) is 7.19. The van der Waals surface area contributed by atoms with Crippen molar-refractivity contribution >= 4 is 5.82 Å². The van der Waals surface area contributed by atoms with Gasteiger partial charge in [-0.25, -0.2) is 4.98 Å². The van der Waals surface area contributed by atoms with Crippen LogP contribution in [-0.2, 0) is 0 Å². The summed E-state index contributed by atoms with van der Waals surface area (Å²) in [6.45, 7) is 9.11. The van der Waals surface area contributed by atoms with Crippen LogP contribution in [-0.4, -0.2) is 35.6 Å². The summed E-state index contributed by atoms with van der Waals surface area (Å²) in [5, 5.41) is 3.48. The van der Waals surface area contributed by atoms with Gasteiger partial charge in [-0.1, -0.05) is 20.8 Å². The van der Waals surface area contributed by atoms with Crippen molar-refractivity contribution in [1.29, 1.82) is 0 Å². The molecule has 1 saturated heterocycles. The standard InChI is InChI=1S/C14H24N4O/c1-4-15-11-6-5-7-18(9-11)12-8-13(19)17-14(16-12)10(2)3/h8,10-11,15H,4-7,9H2,1-3H3,(H,16,17,19). The number of nitrogens with zero attached hydrogens (tertiary/aromatic N) is 2. The third-order valence-corrected chi connectivity index (χ3v) is 3.53. The number of H-pyrrole nitrogens is 1. The van der Waals surface area contributed by atoms with Crippen LogP contribution in [0, 0.1) is 0 Å². The summed E-state index contributed by atoms with van der Waals surface area (Å²) in [7, 11) is 0. The van der Waals surface area contributed by atoms with E-state index in [0.717, 1.165) is 37.7 Å². The molecule has 106 valence electrons. The van der Waals surface area contributed by atoms with E-state index in [1.807, 2.05) is 13.8 Å². The molecule has 1 aliphatic heterocycles. The number of hydrogen-bond donors (Lipinski definition) is 2. The van der Waals surface area contributed by atoms with Crippen molar-refractivity contribution in [2.45, 2.75) is 45.6 Å². The molecule has 1 fully saturated rings. The zero-order valence-corrected chi connectivity index (χ0v) is 12.1. The summed E-state index contributed by atoms with van der Waals surface area (Å²) in [6, 6.07) is 2.11. The maximum atomic E-state index is 11.7. The molecule has 19 heavy (non-hydrogen) atoms. The first kappa shape index (κ1) is 14.1. The minimum absolute atomic E-state index is 0.0562. The van der Waals surface area contributed by atoms with Crippen molar-refractivity contribution in [2.75, 3.05) is 24.5 Å². The number of rotatable bonds is 4. The summed E-state index contributed by atoms with van der Waals surface area (Å²) in [5.74, 6) is 1.82. The minimum Gasteiger partial charge on any atom is -0.355 e. The SMILES string of the molecule is CCNC1CCCN(c2cc(=O)[nH]c(C(C)C)n2)C1. The first-order valence-electron chi connectivity index (χ1n) is 7.19. The predicted octanol–water partition coefficient (Wildman–Crippen LogP) is 1.47. The van der Waals surface area contributed by atoms with Crippen LogP contribution < -0.4 is 15.8 Å². The fraction of sp³-hybridized carbons (Fsp3) is 0.714.